The lowest BCUT2D eigenvalue weighted by Crippen LogP contribution is -2.51. The maximum absolute atomic E-state index is 11.8. The Bertz CT molecular complexity index is 406. The molecular weight excluding hydrogens is 234 g/mol. The van der Waals surface area contributed by atoms with Crippen molar-refractivity contribution in [2.75, 3.05) is 13.1 Å². The Morgan fingerprint density at radius 3 is 2.56 bits per heavy atom. The summed E-state index contributed by atoms with van der Waals surface area (Å²) in [5.74, 6) is -1.16. The Balaban J connectivity index is 2.04. The van der Waals surface area contributed by atoms with Gasteiger partial charge in [0.1, 0.15) is 5.54 Å². The fraction of sp³-hybridized carbons (Fsp3) is 0.875. The van der Waals surface area contributed by atoms with E-state index < -0.39 is 21.7 Å². The van der Waals surface area contributed by atoms with Crippen molar-refractivity contribution in [3.8, 4) is 0 Å². The lowest BCUT2D eigenvalue weighted by Gasteiger charge is -2.20. The van der Waals surface area contributed by atoms with E-state index in [0.29, 0.717) is 0 Å². The van der Waals surface area contributed by atoms with Crippen LogP contribution in [0.15, 0.2) is 0 Å². The first-order valence-electron chi connectivity index (χ1n) is 5.13. The van der Waals surface area contributed by atoms with Crippen LogP contribution in [0.4, 0.5) is 0 Å². The first-order valence-corrected chi connectivity index (χ1v) is 6.57. The zero-order valence-corrected chi connectivity index (χ0v) is 9.53. The molecule has 0 spiro atoms. The van der Waals surface area contributed by atoms with Crippen LogP contribution < -0.4 is 10.5 Å². The van der Waals surface area contributed by atoms with E-state index in [2.05, 4.69) is 4.72 Å². The molecule has 1 aliphatic carbocycles. The SMILES string of the molecule is NC1(C(=O)O)CCN(S(=O)(=O)NC2CC2)C1. The zero-order chi connectivity index (χ0) is 12.0. The highest BCUT2D eigenvalue weighted by molar-refractivity contribution is 7.87. The van der Waals surface area contributed by atoms with E-state index in [4.69, 9.17) is 10.8 Å². The van der Waals surface area contributed by atoms with Gasteiger partial charge in [-0.3, -0.25) is 4.79 Å². The van der Waals surface area contributed by atoms with Gasteiger partial charge < -0.3 is 10.8 Å². The quantitative estimate of drug-likeness (QED) is 0.559. The maximum Gasteiger partial charge on any atom is 0.325 e. The summed E-state index contributed by atoms with van der Waals surface area (Å²) in [5.41, 5.74) is 4.16. The summed E-state index contributed by atoms with van der Waals surface area (Å²) in [6, 6.07) is 0.0163. The summed E-state index contributed by atoms with van der Waals surface area (Å²) < 4.78 is 27.1. The van der Waals surface area contributed by atoms with Crippen LogP contribution in [0.5, 0.6) is 0 Å². The van der Waals surface area contributed by atoms with Crippen LogP contribution in [0, 0.1) is 0 Å². The van der Waals surface area contributed by atoms with E-state index in [1.807, 2.05) is 0 Å². The Hall–Kier alpha value is -0.700. The minimum absolute atomic E-state index is 0.0163. The molecule has 1 aliphatic heterocycles. The molecule has 16 heavy (non-hydrogen) atoms. The van der Waals surface area contributed by atoms with Crippen molar-refractivity contribution in [1.29, 1.82) is 0 Å². The van der Waals surface area contributed by atoms with Gasteiger partial charge >= 0.3 is 5.97 Å². The van der Waals surface area contributed by atoms with Crippen LogP contribution in [0.25, 0.3) is 0 Å². The predicted octanol–water partition coefficient (Wildman–Crippen LogP) is -1.53. The van der Waals surface area contributed by atoms with Gasteiger partial charge in [-0.1, -0.05) is 0 Å². The highest BCUT2D eigenvalue weighted by Gasteiger charge is 2.46. The molecule has 0 radical (unpaired) electrons. The molecule has 1 heterocycles. The minimum atomic E-state index is -3.56. The second-order valence-corrected chi connectivity index (χ2v) is 6.14. The van der Waals surface area contributed by atoms with Crippen LogP contribution in [-0.2, 0) is 15.0 Å². The second-order valence-electron chi connectivity index (χ2n) is 4.44. The van der Waals surface area contributed by atoms with Crippen molar-refractivity contribution in [2.45, 2.75) is 30.8 Å². The molecule has 1 atom stereocenters. The van der Waals surface area contributed by atoms with Crippen LogP contribution in [-0.4, -0.2) is 48.5 Å². The molecule has 92 valence electrons. The first kappa shape index (κ1) is 11.8. The van der Waals surface area contributed by atoms with Crippen molar-refractivity contribution in [3.63, 3.8) is 0 Å². The highest BCUT2D eigenvalue weighted by atomic mass is 32.2. The molecule has 2 rings (SSSR count). The number of carbonyl (C=O) groups is 1. The average molecular weight is 249 g/mol. The van der Waals surface area contributed by atoms with E-state index in [0.717, 1.165) is 17.1 Å². The number of rotatable bonds is 4. The summed E-state index contributed by atoms with van der Waals surface area (Å²) in [4.78, 5) is 10.9. The number of nitrogens with two attached hydrogens (primary N) is 1. The van der Waals surface area contributed by atoms with Crippen LogP contribution >= 0.6 is 0 Å². The third-order valence-electron chi connectivity index (χ3n) is 2.92. The molecule has 0 aromatic rings. The third-order valence-corrected chi connectivity index (χ3v) is 4.55. The summed E-state index contributed by atoms with van der Waals surface area (Å²) in [5, 5.41) is 8.88. The Kier molecular flexibility index (Phi) is 2.69. The molecule has 1 saturated carbocycles. The predicted molar refractivity (Wildman–Crippen MR) is 55.8 cm³/mol. The number of aliphatic carboxylic acids is 1. The van der Waals surface area contributed by atoms with E-state index in [1.165, 1.54) is 0 Å². The molecular formula is C8H15N3O4S. The summed E-state index contributed by atoms with van der Waals surface area (Å²) in [6.07, 6.45) is 1.84. The van der Waals surface area contributed by atoms with Gasteiger partial charge in [-0.25, -0.2) is 0 Å². The molecule has 8 heteroatoms. The molecule has 1 saturated heterocycles. The van der Waals surface area contributed by atoms with Gasteiger partial charge in [-0.05, 0) is 19.3 Å². The van der Waals surface area contributed by atoms with Gasteiger partial charge in [0, 0.05) is 19.1 Å². The van der Waals surface area contributed by atoms with Crippen molar-refractivity contribution < 1.29 is 18.3 Å². The monoisotopic (exact) mass is 249 g/mol. The molecule has 2 fully saturated rings. The first-order chi connectivity index (χ1) is 7.33. The van der Waals surface area contributed by atoms with Crippen LogP contribution in [0.3, 0.4) is 0 Å². The Morgan fingerprint density at radius 1 is 1.50 bits per heavy atom. The Labute approximate surface area is 93.8 Å². The summed E-state index contributed by atoms with van der Waals surface area (Å²) >= 11 is 0. The Morgan fingerprint density at radius 2 is 2.12 bits per heavy atom. The smallest absolute Gasteiger partial charge is 0.325 e. The fourth-order valence-corrected chi connectivity index (χ4v) is 3.20. The van der Waals surface area contributed by atoms with Crippen molar-refractivity contribution in [3.05, 3.63) is 0 Å². The number of carboxylic acids is 1. The van der Waals surface area contributed by atoms with E-state index in [1.54, 1.807) is 0 Å². The average Bonchev–Trinajstić information content (AvgIpc) is 2.85. The van der Waals surface area contributed by atoms with E-state index in [-0.39, 0.29) is 25.6 Å². The van der Waals surface area contributed by atoms with Crippen molar-refractivity contribution in [2.24, 2.45) is 5.73 Å². The summed E-state index contributed by atoms with van der Waals surface area (Å²) in [6.45, 7) is -0.00472. The molecule has 0 amide bonds. The normalized spacial score (nSPS) is 31.8. The molecule has 0 aromatic carbocycles. The largest absolute Gasteiger partial charge is 0.480 e. The third kappa shape index (κ3) is 2.19. The fourth-order valence-electron chi connectivity index (χ4n) is 1.66. The van der Waals surface area contributed by atoms with Gasteiger partial charge in [0.05, 0.1) is 0 Å². The minimum Gasteiger partial charge on any atom is -0.480 e. The number of hydrogen-bond donors (Lipinski definition) is 3. The summed E-state index contributed by atoms with van der Waals surface area (Å²) in [7, 11) is -3.56. The second kappa shape index (κ2) is 3.66. The van der Waals surface area contributed by atoms with Gasteiger partial charge in [0.25, 0.3) is 10.2 Å². The maximum atomic E-state index is 11.8. The highest BCUT2D eigenvalue weighted by Crippen LogP contribution is 2.24. The number of carboxylic acid groups (broad SMARTS) is 1. The zero-order valence-electron chi connectivity index (χ0n) is 8.72. The van der Waals surface area contributed by atoms with Gasteiger partial charge in [0.2, 0.25) is 0 Å². The number of nitrogens with zero attached hydrogens (tertiary/aromatic N) is 1. The topological polar surface area (TPSA) is 113 Å². The van der Waals surface area contributed by atoms with Gasteiger partial charge in [-0.15, -0.1) is 0 Å². The molecule has 2 aliphatic rings. The lowest BCUT2D eigenvalue weighted by molar-refractivity contribution is -0.142. The number of nitrogens with one attached hydrogen (secondary N) is 1. The molecule has 1 unspecified atom stereocenters. The van der Waals surface area contributed by atoms with Crippen molar-refractivity contribution in [1.82, 2.24) is 9.03 Å². The molecule has 7 nitrogen and oxygen atoms in total. The standard InChI is InChI=1S/C8H15N3O4S/c9-8(7(12)13)3-4-11(5-8)16(14,15)10-6-1-2-6/h6,10H,1-5,9H2,(H,12,13). The van der Waals surface area contributed by atoms with Crippen LogP contribution in [0.2, 0.25) is 0 Å². The van der Waals surface area contributed by atoms with E-state index >= 15 is 0 Å². The van der Waals surface area contributed by atoms with E-state index in [9.17, 15) is 13.2 Å². The molecule has 0 aromatic heterocycles. The van der Waals surface area contributed by atoms with Crippen molar-refractivity contribution >= 4 is 16.2 Å². The lowest BCUT2D eigenvalue weighted by atomic mass is 10.0. The molecule has 0 bridgehead atoms. The van der Waals surface area contributed by atoms with Gasteiger partial charge in [-0.2, -0.15) is 17.4 Å². The van der Waals surface area contributed by atoms with Gasteiger partial charge in [0.15, 0.2) is 0 Å². The number of hydrogen-bond acceptors (Lipinski definition) is 4. The molecule has 4 N–H and O–H groups in total. The van der Waals surface area contributed by atoms with Crippen LogP contribution in [0.1, 0.15) is 19.3 Å².